The summed E-state index contributed by atoms with van der Waals surface area (Å²) in [7, 11) is 1.58. The van der Waals surface area contributed by atoms with Crippen LogP contribution in [0.25, 0.3) is 0 Å². The van der Waals surface area contributed by atoms with Crippen LogP contribution in [0.2, 0.25) is 0 Å². The van der Waals surface area contributed by atoms with Gasteiger partial charge in [-0.25, -0.2) is 4.98 Å². The number of nitrogens with zero attached hydrogens (tertiary/aromatic N) is 2. The van der Waals surface area contributed by atoms with Gasteiger partial charge in [-0.15, -0.1) is 11.6 Å². The van der Waals surface area contributed by atoms with Crippen molar-refractivity contribution in [3.63, 3.8) is 0 Å². The molecule has 1 N–H and O–H groups in total. The first kappa shape index (κ1) is 13.5. The molecule has 1 aromatic heterocycles. The fourth-order valence-corrected chi connectivity index (χ4v) is 1.67. The summed E-state index contributed by atoms with van der Waals surface area (Å²) in [5.74, 6) is 1.10. The molecule has 0 aromatic carbocycles. The van der Waals surface area contributed by atoms with Crippen LogP contribution >= 0.6 is 27.5 Å². The zero-order valence-electron chi connectivity index (χ0n) is 9.33. The average molecular weight is 309 g/mol. The van der Waals surface area contributed by atoms with E-state index < -0.39 is 0 Å². The zero-order chi connectivity index (χ0) is 12.0. The molecule has 0 amide bonds. The predicted octanol–water partition coefficient (Wildman–Crippen LogP) is 3.07. The van der Waals surface area contributed by atoms with E-state index in [0.29, 0.717) is 11.8 Å². The van der Waals surface area contributed by atoms with Crippen molar-refractivity contribution < 1.29 is 4.74 Å². The number of methoxy groups -OCH3 is 1. The van der Waals surface area contributed by atoms with Crippen molar-refractivity contribution in [2.75, 3.05) is 19.0 Å². The lowest BCUT2D eigenvalue weighted by atomic mass is 10.2. The van der Waals surface area contributed by atoms with Gasteiger partial charge in [0.25, 0.3) is 0 Å². The van der Waals surface area contributed by atoms with E-state index in [1.165, 1.54) is 0 Å². The quantitative estimate of drug-likeness (QED) is 0.648. The normalized spacial score (nSPS) is 12.2. The Morgan fingerprint density at radius 3 is 3.00 bits per heavy atom. The summed E-state index contributed by atoms with van der Waals surface area (Å²) < 4.78 is 5.82. The van der Waals surface area contributed by atoms with Crippen molar-refractivity contribution in [3.8, 4) is 5.88 Å². The largest absolute Gasteiger partial charge is 0.480 e. The van der Waals surface area contributed by atoms with Crippen molar-refractivity contribution in [1.82, 2.24) is 9.97 Å². The number of aromatic nitrogens is 2. The standard InChI is InChI=1S/C10H15BrClN3O/c1-7(12)4-3-5-13-10-14-6-8(11)9(15-10)16-2/h6-7H,3-5H2,1-2H3,(H,13,14,15). The van der Waals surface area contributed by atoms with Crippen LogP contribution in [0.15, 0.2) is 10.7 Å². The summed E-state index contributed by atoms with van der Waals surface area (Å²) in [6, 6.07) is 0. The van der Waals surface area contributed by atoms with Gasteiger partial charge in [0.05, 0.1) is 17.8 Å². The highest BCUT2D eigenvalue weighted by molar-refractivity contribution is 9.10. The second-order valence-electron chi connectivity index (χ2n) is 3.40. The Kier molecular flexibility index (Phi) is 5.84. The molecule has 1 unspecified atom stereocenters. The highest BCUT2D eigenvalue weighted by Crippen LogP contribution is 2.21. The number of ether oxygens (including phenoxy) is 1. The minimum Gasteiger partial charge on any atom is -0.480 e. The van der Waals surface area contributed by atoms with Crippen molar-refractivity contribution in [2.24, 2.45) is 0 Å². The van der Waals surface area contributed by atoms with Crippen LogP contribution in [0.5, 0.6) is 5.88 Å². The van der Waals surface area contributed by atoms with Crippen LogP contribution in [0.4, 0.5) is 5.95 Å². The first-order valence-corrected chi connectivity index (χ1v) is 6.31. The van der Waals surface area contributed by atoms with Gasteiger partial charge in [-0.2, -0.15) is 4.98 Å². The van der Waals surface area contributed by atoms with Gasteiger partial charge in [0.15, 0.2) is 0 Å². The maximum atomic E-state index is 5.84. The number of halogens is 2. The number of hydrogen-bond donors (Lipinski definition) is 1. The summed E-state index contributed by atoms with van der Waals surface area (Å²) >= 11 is 9.14. The topological polar surface area (TPSA) is 47.0 Å². The summed E-state index contributed by atoms with van der Waals surface area (Å²) in [5, 5.41) is 3.33. The minimum absolute atomic E-state index is 0.210. The smallest absolute Gasteiger partial charge is 0.232 e. The lowest BCUT2D eigenvalue weighted by Crippen LogP contribution is -2.07. The maximum absolute atomic E-state index is 5.84. The Morgan fingerprint density at radius 1 is 1.62 bits per heavy atom. The van der Waals surface area contributed by atoms with Gasteiger partial charge in [0.2, 0.25) is 11.8 Å². The third-order valence-corrected chi connectivity index (χ3v) is 2.73. The van der Waals surface area contributed by atoms with E-state index in [1.54, 1.807) is 13.3 Å². The number of nitrogens with one attached hydrogen (secondary N) is 1. The Hall–Kier alpha value is -0.550. The lowest BCUT2D eigenvalue weighted by molar-refractivity contribution is 0.394. The molecule has 0 aliphatic rings. The van der Waals surface area contributed by atoms with Gasteiger partial charge < -0.3 is 10.1 Å². The maximum Gasteiger partial charge on any atom is 0.232 e. The van der Waals surface area contributed by atoms with Crippen molar-refractivity contribution in [3.05, 3.63) is 10.7 Å². The molecule has 0 aliphatic heterocycles. The summed E-state index contributed by atoms with van der Waals surface area (Å²) in [4.78, 5) is 8.30. The molecule has 0 fully saturated rings. The molecule has 0 spiro atoms. The molecule has 0 radical (unpaired) electrons. The molecule has 6 heteroatoms. The average Bonchev–Trinajstić information content (AvgIpc) is 2.26. The molecule has 1 aromatic rings. The monoisotopic (exact) mass is 307 g/mol. The van der Waals surface area contributed by atoms with Gasteiger partial charge >= 0.3 is 0 Å². The highest BCUT2D eigenvalue weighted by Gasteiger charge is 2.04. The van der Waals surface area contributed by atoms with Gasteiger partial charge in [-0.3, -0.25) is 0 Å². The van der Waals surface area contributed by atoms with Crippen molar-refractivity contribution in [2.45, 2.75) is 25.1 Å². The first-order valence-electron chi connectivity index (χ1n) is 5.08. The summed E-state index contributed by atoms with van der Waals surface area (Å²) in [6.45, 7) is 2.79. The van der Waals surface area contributed by atoms with Gasteiger partial charge in [-0.1, -0.05) is 0 Å². The van der Waals surface area contributed by atoms with Gasteiger partial charge in [-0.05, 0) is 35.7 Å². The first-order chi connectivity index (χ1) is 7.63. The van der Waals surface area contributed by atoms with Crippen LogP contribution < -0.4 is 10.1 Å². The number of anilines is 1. The molecule has 90 valence electrons. The van der Waals surface area contributed by atoms with E-state index in [1.807, 2.05) is 6.92 Å². The molecule has 4 nitrogen and oxygen atoms in total. The second-order valence-corrected chi connectivity index (χ2v) is 5.00. The van der Waals surface area contributed by atoms with E-state index in [0.717, 1.165) is 23.9 Å². The van der Waals surface area contributed by atoms with Gasteiger partial charge in [0, 0.05) is 11.9 Å². The van der Waals surface area contributed by atoms with Crippen LogP contribution in [-0.4, -0.2) is 29.0 Å². The third kappa shape index (κ3) is 4.53. The lowest BCUT2D eigenvalue weighted by Gasteiger charge is -2.07. The highest BCUT2D eigenvalue weighted by atomic mass is 79.9. The summed E-state index contributed by atoms with van der Waals surface area (Å²) in [6.07, 6.45) is 3.63. The fourth-order valence-electron chi connectivity index (χ4n) is 1.16. The minimum atomic E-state index is 0.210. The molecule has 1 rings (SSSR count). The van der Waals surface area contributed by atoms with Crippen LogP contribution in [0, 0.1) is 0 Å². The van der Waals surface area contributed by atoms with E-state index in [2.05, 4.69) is 31.2 Å². The van der Waals surface area contributed by atoms with E-state index in [-0.39, 0.29) is 5.38 Å². The summed E-state index contributed by atoms with van der Waals surface area (Å²) in [5.41, 5.74) is 0. The van der Waals surface area contributed by atoms with Gasteiger partial charge in [0.1, 0.15) is 0 Å². The number of hydrogen-bond acceptors (Lipinski definition) is 4. The fraction of sp³-hybridized carbons (Fsp3) is 0.600. The Bertz CT molecular complexity index is 336. The van der Waals surface area contributed by atoms with Crippen LogP contribution in [0.3, 0.4) is 0 Å². The molecule has 0 aliphatic carbocycles. The molecule has 0 bridgehead atoms. The Labute approximate surface area is 109 Å². The molecular weight excluding hydrogens is 293 g/mol. The Balaban J connectivity index is 2.42. The molecule has 1 heterocycles. The molecular formula is C10H15BrClN3O. The van der Waals surface area contributed by atoms with Crippen molar-refractivity contribution >= 4 is 33.5 Å². The van der Waals surface area contributed by atoms with E-state index in [4.69, 9.17) is 16.3 Å². The predicted molar refractivity (Wildman–Crippen MR) is 69.3 cm³/mol. The number of alkyl halides is 1. The third-order valence-electron chi connectivity index (χ3n) is 1.97. The van der Waals surface area contributed by atoms with Crippen LogP contribution in [-0.2, 0) is 0 Å². The zero-order valence-corrected chi connectivity index (χ0v) is 11.7. The molecule has 16 heavy (non-hydrogen) atoms. The molecule has 1 atom stereocenters. The molecule has 0 saturated heterocycles. The SMILES string of the molecule is COc1nc(NCCCC(C)Cl)ncc1Br. The van der Waals surface area contributed by atoms with Crippen molar-refractivity contribution in [1.29, 1.82) is 0 Å². The molecule has 0 saturated carbocycles. The van der Waals surface area contributed by atoms with Crippen LogP contribution in [0.1, 0.15) is 19.8 Å². The Morgan fingerprint density at radius 2 is 2.38 bits per heavy atom. The van der Waals surface area contributed by atoms with E-state index in [9.17, 15) is 0 Å². The second kappa shape index (κ2) is 6.91. The van der Waals surface area contributed by atoms with E-state index >= 15 is 0 Å². The number of rotatable bonds is 6.